The van der Waals surface area contributed by atoms with E-state index in [4.69, 9.17) is 9.90 Å². The molecule has 0 radical (unpaired) electrons. The van der Waals surface area contributed by atoms with E-state index < -0.39 is 0 Å². The van der Waals surface area contributed by atoms with Crippen LogP contribution in [0, 0.1) is 17.7 Å². The van der Waals surface area contributed by atoms with Gasteiger partial charge in [0, 0.05) is 37.4 Å². The monoisotopic (exact) mass is 467 g/mol. The molecule has 7 heteroatoms. The quantitative estimate of drug-likeness (QED) is 0.684. The normalized spacial score (nSPS) is 28.4. The number of benzene rings is 1. The highest BCUT2D eigenvalue weighted by Crippen LogP contribution is 2.43. The van der Waals surface area contributed by atoms with Crippen LogP contribution in [0.1, 0.15) is 60.6 Å². The lowest BCUT2D eigenvalue weighted by molar-refractivity contribution is -0.122. The van der Waals surface area contributed by atoms with Crippen molar-refractivity contribution in [2.75, 3.05) is 19.6 Å². The summed E-state index contributed by atoms with van der Waals surface area (Å²) >= 11 is 0. The number of rotatable bonds is 4. The minimum Gasteiger partial charge on any atom is -0.483 e. The molecular formula is C27H34FN3O3. The third-order valence-electron chi connectivity index (χ3n) is 8.18. The maximum absolute atomic E-state index is 13.9. The van der Waals surface area contributed by atoms with Crippen molar-refractivity contribution >= 4 is 12.4 Å². The van der Waals surface area contributed by atoms with Gasteiger partial charge in [0.1, 0.15) is 11.5 Å². The van der Waals surface area contributed by atoms with E-state index in [2.05, 4.69) is 26.6 Å². The molecule has 4 atom stereocenters. The highest BCUT2D eigenvalue weighted by molar-refractivity contribution is 5.93. The Kier molecular flexibility index (Phi) is 6.73. The van der Waals surface area contributed by atoms with Gasteiger partial charge in [-0.1, -0.05) is 18.6 Å². The summed E-state index contributed by atoms with van der Waals surface area (Å²) in [6.07, 6.45) is 10.3. The van der Waals surface area contributed by atoms with Gasteiger partial charge in [-0.25, -0.2) is 4.39 Å². The van der Waals surface area contributed by atoms with Crippen LogP contribution in [-0.2, 0) is 11.2 Å². The first-order valence-corrected chi connectivity index (χ1v) is 12.6. The van der Waals surface area contributed by atoms with Gasteiger partial charge >= 0.3 is 0 Å². The van der Waals surface area contributed by atoms with E-state index in [1.54, 1.807) is 6.07 Å². The summed E-state index contributed by atoms with van der Waals surface area (Å²) in [5, 5.41) is 6.89. The Morgan fingerprint density at radius 3 is 2.65 bits per heavy atom. The highest BCUT2D eigenvalue weighted by atomic mass is 19.1. The number of likely N-dealkylation sites (tertiary alicyclic amines) is 1. The van der Waals surface area contributed by atoms with Gasteiger partial charge in [0.25, 0.3) is 12.4 Å². The zero-order chi connectivity index (χ0) is 23.7. The Morgan fingerprint density at radius 2 is 1.88 bits per heavy atom. The standard InChI is InChI=1S/C26H32FN3O.CH2O2/c27-21-6-3-5-18(13-21)14-25-20-15-19(23-7-1-2-11-30(23)25)16-28(17-20)26(31)24-8-4-12-29(24)22-9-10-22;2-1-3/h3-6,8,12-13,19-20,22-23,25H,1-2,7,9-11,14-17H2;1H,(H,2,3)/t19-,20+,23+,25+;/m1./s1. The lowest BCUT2D eigenvalue weighted by atomic mass is 9.71. The lowest BCUT2D eigenvalue weighted by Gasteiger charge is -2.57. The van der Waals surface area contributed by atoms with Crippen LogP contribution in [0.3, 0.4) is 0 Å². The van der Waals surface area contributed by atoms with E-state index in [1.807, 2.05) is 18.2 Å². The average Bonchev–Trinajstić information content (AvgIpc) is 3.58. The van der Waals surface area contributed by atoms with Crippen molar-refractivity contribution in [3.05, 3.63) is 59.7 Å². The molecule has 2 bridgehead atoms. The Morgan fingerprint density at radius 1 is 1.09 bits per heavy atom. The molecule has 1 saturated carbocycles. The second-order valence-electron chi connectivity index (χ2n) is 10.3. The summed E-state index contributed by atoms with van der Waals surface area (Å²) in [4.78, 5) is 26.8. The molecule has 4 aliphatic rings. The van der Waals surface area contributed by atoms with E-state index in [0.717, 1.165) is 37.3 Å². The molecule has 3 aliphatic heterocycles. The lowest BCUT2D eigenvalue weighted by Crippen LogP contribution is -2.64. The SMILES string of the molecule is O=C(c1cccn1C1CC1)N1C[C@H]2C[C@@H](C1)[C@H](Cc1cccc(F)c1)N1CCCC[C@@H]21.O=CO. The number of carbonyl (C=O) groups excluding carboxylic acids is 1. The van der Waals surface area contributed by atoms with E-state index in [9.17, 15) is 9.18 Å². The number of piperidine rings is 3. The maximum Gasteiger partial charge on any atom is 0.290 e. The molecule has 1 N–H and O–H groups in total. The fourth-order valence-electron chi connectivity index (χ4n) is 6.67. The van der Waals surface area contributed by atoms with Crippen LogP contribution in [0.25, 0.3) is 0 Å². The molecule has 3 saturated heterocycles. The fraction of sp³-hybridized carbons (Fsp3) is 0.556. The third-order valence-corrected chi connectivity index (χ3v) is 8.18. The van der Waals surface area contributed by atoms with Gasteiger partial charge < -0.3 is 14.6 Å². The number of hydrogen-bond donors (Lipinski definition) is 1. The Balaban J connectivity index is 0.000000764. The van der Waals surface area contributed by atoms with Crippen LogP contribution >= 0.6 is 0 Å². The number of aromatic nitrogens is 1. The Bertz CT molecular complexity index is 1020. The van der Waals surface area contributed by atoms with Crippen molar-refractivity contribution in [1.29, 1.82) is 0 Å². The summed E-state index contributed by atoms with van der Waals surface area (Å²) in [5.74, 6) is 1.09. The van der Waals surface area contributed by atoms with Crippen molar-refractivity contribution in [2.45, 2.75) is 63.1 Å². The van der Waals surface area contributed by atoms with Gasteiger partial charge in [-0.05, 0) is 86.7 Å². The van der Waals surface area contributed by atoms with Gasteiger partial charge in [0.15, 0.2) is 0 Å². The predicted molar refractivity (Wildman–Crippen MR) is 127 cm³/mol. The van der Waals surface area contributed by atoms with Crippen molar-refractivity contribution in [2.24, 2.45) is 11.8 Å². The molecule has 6 rings (SSSR count). The Labute approximate surface area is 200 Å². The number of amides is 1. The summed E-state index contributed by atoms with van der Waals surface area (Å²) in [6.45, 7) is 2.61. The summed E-state index contributed by atoms with van der Waals surface area (Å²) < 4.78 is 16.1. The topological polar surface area (TPSA) is 65.8 Å². The Hall–Kier alpha value is -2.67. The number of nitrogens with zero attached hydrogens (tertiary/aromatic N) is 3. The molecule has 4 fully saturated rings. The van der Waals surface area contributed by atoms with Gasteiger partial charge in [0.05, 0.1) is 0 Å². The summed E-state index contributed by atoms with van der Waals surface area (Å²) in [7, 11) is 0. The van der Waals surface area contributed by atoms with Crippen molar-refractivity contribution in [3.63, 3.8) is 0 Å². The average molecular weight is 468 g/mol. The molecule has 0 unspecified atom stereocenters. The fourth-order valence-corrected chi connectivity index (χ4v) is 6.67. The van der Waals surface area contributed by atoms with Crippen molar-refractivity contribution in [3.8, 4) is 0 Å². The maximum atomic E-state index is 13.9. The van der Waals surface area contributed by atoms with E-state index in [1.165, 1.54) is 44.6 Å². The number of fused-ring (bicyclic) bond motifs is 4. The number of carbonyl (C=O) groups is 2. The van der Waals surface area contributed by atoms with Gasteiger partial charge in [-0.3, -0.25) is 14.5 Å². The molecule has 1 aromatic heterocycles. The second-order valence-corrected chi connectivity index (χ2v) is 10.3. The minimum atomic E-state index is -0.250. The molecule has 6 nitrogen and oxygen atoms in total. The van der Waals surface area contributed by atoms with Crippen LogP contribution in [0.2, 0.25) is 0 Å². The summed E-state index contributed by atoms with van der Waals surface area (Å²) in [6, 6.07) is 12.6. The molecular weight excluding hydrogens is 433 g/mol. The van der Waals surface area contributed by atoms with Crippen LogP contribution in [-0.4, -0.2) is 63.6 Å². The van der Waals surface area contributed by atoms with Gasteiger partial charge in [0.2, 0.25) is 0 Å². The third kappa shape index (κ3) is 4.63. The zero-order valence-electron chi connectivity index (χ0n) is 19.6. The molecule has 4 heterocycles. The van der Waals surface area contributed by atoms with Crippen molar-refractivity contribution < 1.29 is 19.1 Å². The number of carboxylic acid groups (broad SMARTS) is 1. The van der Waals surface area contributed by atoms with Gasteiger partial charge in [-0.2, -0.15) is 0 Å². The molecule has 1 aliphatic carbocycles. The first kappa shape index (κ1) is 23.1. The number of halogens is 1. The zero-order valence-corrected chi connectivity index (χ0v) is 19.6. The van der Waals surface area contributed by atoms with E-state index in [-0.39, 0.29) is 18.2 Å². The van der Waals surface area contributed by atoms with Crippen LogP contribution in [0.4, 0.5) is 4.39 Å². The van der Waals surface area contributed by atoms with Crippen LogP contribution in [0.15, 0.2) is 42.6 Å². The molecule has 1 amide bonds. The van der Waals surface area contributed by atoms with E-state index in [0.29, 0.717) is 30.0 Å². The highest BCUT2D eigenvalue weighted by Gasteiger charge is 2.48. The smallest absolute Gasteiger partial charge is 0.290 e. The second kappa shape index (κ2) is 9.90. The minimum absolute atomic E-state index is 0.150. The van der Waals surface area contributed by atoms with E-state index >= 15 is 0 Å². The molecule has 2 aromatic rings. The molecule has 182 valence electrons. The predicted octanol–water partition coefficient (Wildman–Crippen LogP) is 4.22. The first-order valence-electron chi connectivity index (χ1n) is 12.6. The molecule has 1 aromatic carbocycles. The largest absolute Gasteiger partial charge is 0.483 e. The first-order chi connectivity index (χ1) is 16.6. The molecule has 34 heavy (non-hydrogen) atoms. The molecule has 0 spiro atoms. The van der Waals surface area contributed by atoms with Crippen LogP contribution in [0.5, 0.6) is 0 Å². The summed E-state index contributed by atoms with van der Waals surface area (Å²) in [5.41, 5.74) is 1.95. The van der Waals surface area contributed by atoms with Crippen molar-refractivity contribution in [1.82, 2.24) is 14.4 Å². The van der Waals surface area contributed by atoms with Gasteiger partial charge in [-0.15, -0.1) is 0 Å². The van der Waals surface area contributed by atoms with Crippen LogP contribution < -0.4 is 0 Å². The number of hydrogen-bond acceptors (Lipinski definition) is 3.